The first-order chi connectivity index (χ1) is 13.9. The van der Waals surface area contributed by atoms with Crippen LogP contribution in [-0.4, -0.2) is 47.6 Å². The fraction of sp³-hybridized carbons (Fsp3) is 0.500. The van der Waals surface area contributed by atoms with Gasteiger partial charge in [-0.2, -0.15) is 13.2 Å². The molecule has 2 N–H and O–H groups in total. The summed E-state index contributed by atoms with van der Waals surface area (Å²) in [4.78, 5) is 17.8. The topological polar surface area (TPSA) is 48.1 Å². The lowest BCUT2D eigenvalue weighted by Crippen LogP contribution is -2.49. The molecule has 0 saturated heterocycles. The molecule has 0 fully saturated rings. The third-order valence-electron chi connectivity index (χ3n) is 5.97. The van der Waals surface area contributed by atoms with Crippen LogP contribution in [0, 0.1) is 5.92 Å². The first kappa shape index (κ1) is 20.0. The van der Waals surface area contributed by atoms with E-state index in [4.69, 9.17) is 0 Å². The lowest BCUT2D eigenvalue weighted by molar-refractivity contribution is -0.139. The van der Waals surface area contributed by atoms with Gasteiger partial charge in [0.25, 0.3) is 0 Å². The standard InChI is InChI=1S/C22H26F3N3O/c1-2-3-8-26-21(29)15-10-17-16-5-4-6-18-20(16)14(12-27-18)11-19(17)28(13-15)9-7-22(23,24)25/h4-6,10,12,15,19,27H,2-3,7-9,11,13H2,1H3,(H,26,29). The van der Waals surface area contributed by atoms with Crippen molar-refractivity contribution in [2.45, 2.75) is 44.8 Å². The first-order valence-electron chi connectivity index (χ1n) is 10.3. The molecular weight excluding hydrogens is 379 g/mol. The van der Waals surface area contributed by atoms with Crippen LogP contribution < -0.4 is 5.32 Å². The Morgan fingerprint density at radius 1 is 1.34 bits per heavy atom. The van der Waals surface area contributed by atoms with Gasteiger partial charge in [-0.3, -0.25) is 9.69 Å². The maximum absolute atomic E-state index is 12.9. The molecule has 156 valence electrons. The molecular formula is C22H26F3N3O. The van der Waals surface area contributed by atoms with E-state index in [1.165, 1.54) is 0 Å². The summed E-state index contributed by atoms with van der Waals surface area (Å²) < 4.78 is 38.8. The van der Waals surface area contributed by atoms with E-state index in [0.717, 1.165) is 40.4 Å². The third-order valence-corrected chi connectivity index (χ3v) is 5.97. The number of alkyl halides is 3. The van der Waals surface area contributed by atoms with E-state index in [1.54, 1.807) is 0 Å². The molecule has 0 bridgehead atoms. The number of amides is 1. The number of hydrogen-bond donors (Lipinski definition) is 2. The van der Waals surface area contributed by atoms with E-state index in [2.05, 4.69) is 17.2 Å². The Bertz CT molecular complexity index is 931. The Labute approximate surface area is 168 Å². The summed E-state index contributed by atoms with van der Waals surface area (Å²) in [5.74, 6) is -0.546. The van der Waals surface area contributed by atoms with Crippen molar-refractivity contribution in [3.05, 3.63) is 41.6 Å². The molecule has 7 heteroatoms. The Kier molecular flexibility index (Phi) is 5.42. The highest BCUT2D eigenvalue weighted by molar-refractivity contribution is 5.99. The number of unbranched alkanes of at least 4 members (excludes halogenated alkanes) is 1. The molecule has 1 aromatic carbocycles. The molecule has 0 radical (unpaired) electrons. The van der Waals surface area contributed by atoms with Crippen molar-refractivity contribution >= 4 is 22.4 Å². The maximum atomic E-state index is 12.9. The van der Waals surface area contributed by atoms with Gasteiger partial charge < -0.3 is 10.3 Å². The van der Waals surface area contributed by atoms with Crippen molar-refractivity contribution in [2.75, 3.05) is 19.6 Å². The van der Waals surface area contributed by atoms with Gasteiger partial charge in [0.15, 0.2) is 0 Å². The molecule has 2 aromatic rings. The third kappa shape index (κ3) is 4.06. The zero-order chi connectivity index (χ0) is 20.6. The SMILES string of the molecule is CCCCNC(=O)C1C=C2c3cccc4[nH]cc(c34)CC2N(CCC(F)(F)F)C1. The largest absolute Gasteiger partial charge is 0.390 e. The zero-order valence-electron chi connectivity index (χ0n) is 16.5. The monoisotopic (exact) mass is 405 g/mol. The van der Waals surface area contributed by atoms with Gasteiger partial charge in [-0.15, -0.1) is 0 Å². The Balaban J connectivity index is 1.67. The summed E-state index contributed by atoms with van der Waals surface area (Å²) in [6.07, 6.45) is 1.38. The molecule has 2 unspecified atom stereocenters. The number of hydrogen-bond acceptors (Lipinski definition) is 2. The van der Waals surface area contributed by atoms with Crippen LogP contribution in [0.3, 0.4) is 0 Å². The van der Waals surface area contributed by atoms with Crippen LogP contribution in [0.5, 0.6) is 0 Å². The molecule has 4 rings (SSSR count). The summed E-state index contributed by atoms with van der Waals surface area (Å²) in [5, 5.41) is 4.07. The predicted octanol–water partition coefficient (Wildman–Crippen LogP) is 4.28. The fourth-order valence-corrected chi connectivity index (χ4v) is 4.53. The van der Waals surface area contributed by atoms with E-state index in [9.17, 15) is 18.0 Å². The zero-order valence-corrected chi connectivity index (χ0v) is 16.5. The van der Waals surface area contributed by atoms with Gasteiger partial charge in [0, 0.05) is 42.8 Å². The molecule has 1 aliphatic heterocycles. The lowest BCUT2D eigenvalue weighted by Gasteiger charge is -2.41. The second-order valence-electron chi connectivity index (χ2n) is 8.00. The van der Waals surface area contributed by atoms with Crippen LogP contribution >= 0.6 is 0 Å². The lowest BCUT2D eigenvalue weighted by atomic mass is 9.79. The summed E-state index contributed by atoms with van der Waals surface area (Å²) in [6.45, 7) is 2.87. The normalized spacial score (nSPS) is 21.7. The van der Waals surface area contributed by atoms with Gasteiger partial charge in [-0.1, -0.05) is 31.6 Å². The smallest absolute Gasteiger partial charge is 0.361 e. The Hall–Kier alpha value is -2.28. The number of rotatable bonds is 6. The van der Waals surface area contributed by atoms with Crippen LogP contribution in [0.1, 0.15) is 37.3 Å². The number of H-pyrrole nitrogens is 1. The van der Waals surface area contributed by atoms with E-state index in [1.807, 2.05) is 35.4 Å². The molecule has 0 spiro atoms. The van der Waals surface area contributed by atoms with Gasteiger partial charge in [0.05, 0.1) is 12.3 Å². The van der Waals surface area contributed by atoms with Crippen LogP contribution in [0.2, 0.25) is 0 Å². The summed E-state index contributed by atoms with van der Waals surface area (Å²) in [7, 11) is 0. The van der Waals surface area contributed by atoms with Crippen LogP contribution in [-0.2, 0) is 11.2 Å². The Morgan fingerprint density at radius 3 is 2.93 bits per heavy atom. The van der Waals surface area contributed by atoms with Gasteiger partial charge in [-0.05, 0) is 35.6 Å². The van der Waals surface area contributed by atoms with Gasteiger partial charge in [-0.25, -0.2) is 0 Å². The average molecular weight is 405 g/mol. The molecule has 2 aliphatic rings. The number of fused-ring (bicyclic) bond motifs is 2. The summed E-state index contributed by atoms with van der Waals surface area (Å²) in [5.41, 5.74) is 4.15. The highest BCUT2D eigenvalue weighted by Gasteiger charge is 2.39. The predicted molar refractivity (Wildman–Crippen MR) is 107 cm³/mol. The van der Waals surface area contributed by atoms with E-state index < -0.39 is 18.5 Å². The van der Waals surface area contributed by atoms with E-state index >= 15 is 0 Å². The summed E-state index contributed by atoms with van der Waals surface area (Å²) in [6, 6.07) is 5.83. The fourth-order valence-electron chi connectivity index (χ4n) is 4.53. The second-order valence-corrected chi connectivity index (χ2v) is 8.00. The number of carbonyl (C=O) groups excluding carboxylic acids is 1. The first-order valence-corrected chi connectivity index (χ1v) is 10.3. The average Bonchev–Trinajstić information content (AvgIpc) is 3.10. The number of halogens is 3. The van der Waals surface area contributed by atoms with Gasteiger partial charge in [0.1, 0.15) is 0 Å². The van der Waals surface area contributed by atoms with Crippen molar-refractivity contribution in [1.29, 1.82) is 0 Å². The van der Waals surface area contributed by atoms with Gasteiger partial charge in [0.2, 0.25) is 5.91 Å². The molecule has 2 atom stereocenters. The van der Waals surface area contributed by atoms with Crippen LogP contribution in [0.4, 0.5) is 13.2 Å². The number of aromatic amines is 1. The quantitative estimate of drug-likeness (QED) is 0.705. The minimum atomic E-state index is -4.21. The number of nitrogens with one attached hydrogen (secondary N) is 2. The minimum absolute atomic E-state index is 0.0972. The number of benzene rings is 1. The van der Waals surface area contributed by atoms with Crippen LogP contribution in [0.15, 0.2) is 30.5 Å². The number of carbonyl (C=O) groups is 1. The molecule has 29 heavy (non-hydrogen) atoms. The van der Waals surface area contributed by atoms with E-state index in [0.29, 0.717) is 19.5 Å². The maximum Gasteiger partial charge on any atom is 0.390 e. The van der Waals surface area contributed by atoms with Gasteiger partial charge >= 0.3 is 6.18 Å². The molecule has 4 nitrogen and oxygen atoms in total. The Morgan fingerprint density at radius 2 is 2.17 bits per heavy atom. The highest BCUT2D eigenvalue weighted by atomic mass is 19.4. The number of nitrogens with zero attached hydrogens (tertiary/aromatic N) is 1. The van der Waals surface area contributed by atoms with Crippen molar-refractivity contribution in [2.24, 2.45) is 5.92 Å². The van der Waals surface area contributed by atoms with Crippen molar-refractivity contribution in [3.8, 4) is 0 Å². The van der Waals surface area contributed by atoms with Crippen molar-refractivity contribution < 1.29 is 18.0 Å². The van der Waals surface area contributed by atoms with Crippen LogP contribution in [0.25, 0.3) is 16.5 Å². The van der Waals surface area contributed by atoms with Crippen molar-refractivity contribution in [1.82, 2.24) is 15.2 Å². The number of aromatic nitrogens is 1. The molecule has 1 amide bonds. The second kappa shape index (κ2) is 7.86. The molecule has 2 heterocycles. The highest BCUT2D eigenvalue weighted by Crippen LogP contribution is 2.41. The summed E-state index contributed by atoms with van der Waals surface area (Å²) >= 11 is 0. The van der Waals surface area contributed by atoms with E-state index in [-0.39, 0.29) is 18.5 Å². The molecule has 1 aromatic heterocycles. The minimum Gasteiger partial charge on any atom is -0.361 e. The molecule has 1 aliphatic carbocycles. The van der Waals surface area contributed by atoms with Crippen molar-refractivity contribution in [3.63, 3.8) is 0 Å². The molecule has 0 saturated carbocycles.